The Morgan fingerprint density at radius 1 is 1.33 bits per heavy atom. The number of Topliss-reactive ketones (excluding diaryl/α,β-unsaturated/α-hetero) is 1. The highest BCUT2D eigenvalue weighted by Crippen LogP contribution is 2.43. The SMILES string of the molecule is CC(C)(C)OC(=O)N1CC=C([C@H]2CC(=O)[C@@H]3OC(C)(C)O[C@H]23)CC1. The van der Waals surface area contributed by atoms with Crippen LogP contribution in [0, 0.1) is 5.92 Å². The number of carbonyl (C=O) groups excluding carboxylic acids is 2. The number of hydrogen-bond donors (Lipinski definition) is 0. The fourth-order valence-corrected chi connectivity index (χ4v) is 3.64. The van der Waals surface area contributed by atoms with Crippen molar-refractivity contribution in [3.8, 4) is 0 Å². The molecule has 24 heavy (non-hydrogen) atoms. The van der Waals surface area contributed by atoms with Crippen molar-refractivity contribution >= 4 is 11.9 Å². The summed E-state index contributed by atoms with van der Waals surface area (Å²) in [6, 6.07) is 0. The first-order valence-corrected chi connectivity index (χ1v) is 8.61. The highest BCUT2D eigenvalue weighted by Gasteiger charge is 2.54. The number of amides is 1. The van der Waals surface area contributed by atoms with Crippen molar-refractivity contribution in [2.45, 2.75) is 71.1 Å². The zero-order chi connectivity index (χ0) is 17.7. The lowest BCUT2D eigenvalue weighted by molar-refractivity contribution is -0.162. The summed E-state index contributed by atoms with van der Waals surface area (Å²) >= 11 is 0. The van der Waals surface area contributed by atoms with E-state index in [1.54, 1.807) is 4.90 Å². The Labute approximate surface area is 143 Å². The third-order valence-corrected chi connectivity index (χ3v) is 4.64. The molecule has 1 saturated heterocycles. The van der Waals surface area contributed by atoms with Gasteiger partial charge in [0.15, 0.2) is 11.6 Å². The molecule has 3 rings (SSSR count). The van der Waals surface area contributed by atoms with E-state index in [0.717, 1.165) is 6.42 Å². The van der Waals surface area contributed by atoms with Gasteiger partial charge in [0.1, 0.15) is 17.8 Å². The van der Waals surface area contributed by atoms with Crippen LogP contribution in [0.4, 0.5) is 4.79 Å². The van der Waals surface area contributed by atoms with Gasteiger partial charge in [-0.2, -0.15) is 0 Å². The van der Waals surface area contributed by atoms with Gasteiger partial charge in [-0.25, -0.2) is 4.79 Å². The van der Waals surface area contributed by atoms with Crippen molar-refractivity contribution < 1.29 is 23.8 Å². The third-order valence-electron chi connectivity index (χ3n) is 4.64. The summed E-state index contributed by atoms with van der Waals surface area (Å²) < 4.78 is 17.1. The van der Waals surface area contributed by atoms with E-state index < -0.39 is 17.5 Å². The Kier molecular flexibility index (Phi) is 4.24. The Morgan fingerprint density at radius 3 is 2.62 bits per heavy atom. The summed E-state index contributed by atoms with van der Waals surface area (Å²) in [6.07, 6.45) is 2.30. The van der Waals surface area contributed by atoms with Gasteiger partial charge in [-0.05, 0) is 41.0 Å². The number of ketones is 1. The zero-order valence-electron chi connectivity index (χ0n) is 15.1. The maximum Gasteiger partial charge on any atom is 0.410 e. The summed E-state index contributed by atoms with van der Waals surface area (Å²) in [5, 5.41) is 0. The van der Waals surface area contributed by atoms with Gasteiger partial charge < -0.3 is 19.1 Å². The minimum Gasteiger partial charge on any atom is -0.444 e. The second-order valence-electron chi connectivity index (χ2n) is 8.25. The Bertz CT molecular complexity index is 574. The van der Waals surface area contributed by atoms with Crippen molar-refractivity contribution in [2.24, 2.45) is 5.92 Å². The maximum atomic E-state index is 12.2. The van der Waals surface area contributed by atoms with Gasteiger partial charge in [0.2, 0.25) is 0 Å². The summed E-state index contributed by atoms with van der Waals surface area (Å²) in [6.45, 7) is 10.4. The predicted octanol–water partition coefficient (Wildman–Crippen LogP) is 2.66. The summed E-state index contributed by atoms with van der Waals surface area (Å²) in [5.74, 6) is -0.530. The lowest BCUT2D eigenvalue weighted by Crippen LogP contribution is -2.40. The topological polar surface area (TPSA) is 65.1 Å². The van der Waals surface area contributed by atoms with E-state index in [1.165, 1.54) is 5.57 Å². The number of ether oxygens (including phenoxy) is 3. The normalized spacial score (nSPS) is 32.5. The first-order valence-electron chi connectivity index (χ1n) is 8.61. The molecule has 0 bridgehead atoms. The van der Waals surface area contributed by atoms with Crippen LogP contribution in [0.1, 0.15) is 47.5 Å². The van der Waals surface area contributed by atoms with E-state index in [9.17, 15) is 9.59 Å². The van der Waals surface area contributed by atoms with Crippen LogP contribution in [0.2, 0.25) is 0 Å². The molecule has 3 atom stereocenters. The first kappa shape index (κ1) is 17.4. The monoisotopic (exact) mass is 337 g/mol. The van der Waals surface area contributed by atoms with Crippen LogP contribution >= 0.6 is 0 Å². The smallest absolute Gasteiger partial charge is 0.410 e. The summed E-state index contributed by atoms with van der Waals surface area (Å²) in [4.78, 5) is 26.0. The minimum absolute atomic E-state index is 0.0602. The molecule has 1 amide bonds. The average Bonchev–Trinajstić information content (AvgIpc) is 2.92. The van der Waals surface area contributed by atoms with Gasteiger partial charge in [0.25, 0.3) is 0 Å². The Morgan fingerprint density at radius 2 is 2.04 bits per heavy atom. The van der Waals surface area contributed by atoms with Crippen LogP contribution in [-0.2, 0) is 19.0 Å². The zero-order valence-corrected chi connectivity index (χ0v) is 15.1. The molecule has 1 aliphatic carbocycles. The van der Waals surface area contributed by atoms with Crippen molar-refractivity contribution in [2.75, 3.05) is 13.1 Å². The lowest BCUT2D eigenvalue weighted by atomic mass is 9.90. The van der Waals surface area contributed by atoms with Crippen molar-refractivity contribution in [1.82, 2.24) is 4.90 Å². The molecule has 2 aliphatic heterocycles. The molecule has 3 aliphatic rings. The van der Waals surface area contributed by atoms with E-state index in [4.69, 9.17) is 14.2 Å². The van der Waals surface area contributed by atoms with Crippen molar-refractivity contribution in [3.05, 3.63) is 11.6 Å². The lowest BCUT2D eigenvalue weighted by Gasteiger charge is -2.32. The second kappa shape index (κ2) is 5.85. The molecule has 1 saturated carbocycles. The molecule has 0 aromatic carbocycles. The van der Waals surface area contributed by atoms with Gasteiger partial charge >= 0.3 is 6.09 Å². The van der Waals surface area contributed by atoms with Gasteiger partial charge in [0, 0.05) is 25.4 Å². The summed E-state index contributed by atoms with van der Waals surface area (Å²) in [7, 11) is 0. The largest absolute Gasteiger partial charge is 0.444 e. The third kappa shape index (κ3) is 3.49. The Balaban J connectivity index is 1.65. The molecule has 0 aromatic rings. The van der Waals surface area contributed by atoms with Crippen molar-refractivity contribution in [1.29, 1.82) is 0 Å². The summed E-state index contributed by atoms with van der Waals surface area (Å²) in [5.41, 5.74) is 0.698. The second-order valence-corrected chi connectivity index (χ2v) is 8.25. The standard InChI is InChI=1S/C18H27NO5/c1-17(2,3)24-16(21)19-8-6-11(7-9-19)12-10-13(20)15-14(12)22-18(4,5)23-15/h6,12,14-15H,7-10H2,1-5H3/t12-,14-,15+/m1/s1. The van der Waals surface area contributed by atoms with Crippen LogP contribution in [0.15, 0.2) is 11.6 Å². The minimum atomic E-state index is -0.707. The molecule has 0 unspecified atom stereocenters. The van der Waals surface area contributed by atoms with Gasteiger partial charge in [-0.15, -0.1) is 0 Å². The van der Waals surface area contributed by atoms with Crippen molar-refractivity contribution in [3.63, 3.8) is 0 Å². The predicted molar refractivity (Wildman–Crippen MR) is 87.4 cm³/mol. The average molecular weight is 337 g/mol. The fraction of sp³-hybridized carbons (Fsp3) is 0.778. The van der Waals surface area contributed by atoms with Gasteiger partial charge in [-0.1, -0.05) is 11.6 Å². The van der Waals surface area contributed by atoms with E-state index in [2.05, 4.69) is 0 Å². The van der Waals surface area contributed by atoms with Crippen LogP contribution in [0.3, 0.4) is 0 Å². The van der Waals surface area contributed by atoms with Crippen LogP contribution in [0.5, 0.6) is 0 Å². The molecular formula is C18H27NO5. The quantitative estimate of drug-likeness (QED) is 0.688. The van der Waals surface area contributed by atoms with Crippen LogP contribution in [0.25, 0.3) is 0 Å². The van der Waals surface area contributed by atoms with Crippen LogP contribution < -0.4 is 0 Å². The molecule has 6 heteroatoms. The fourth-order valence-electron chi connectivity index (χ4n) is 3.64. The van der Waals surface area contributed by atoms with E-state index in [0.29, 0.717) is 19.5 Å². The molecule has 134 valence electrons. The number of carbonyl (C=O) groups is 2. The van der Waals surface area contributed by atoms with E-state index in [-0.39, 0.29) is 23.9 Å². The molecule has 2 fully saturated rings. The number of fused-ring (bicyclic) bond motifs is 1. The van der Waals surface area contributed by atoms with E-state index >= 15 is 0 Å². The molecular weight excluding hydrogens is 310 g/mol. The highest BCUT2D eigenvalue weighted by molar-refractivity contribution is 5.87. The first-order chi connectivity index (χ1) is 11.1. The molecule has 2 heterocycles. The van der Waals surface area contributed by atoms with Gasteiger partial charge in [-0.3, -0.25) is 4.79 Å². The number of hydrogen-bond acceptors (Lipinski definition) is 5. The highest BCUT2D eigenvalue weighted by atomic mass is 16.8. The Hall–Kier alpha value is -1.40. The number of nitrogens with zero attached hydrogens (tertiary/aromatic N) is 1. The van der Waals surface area contributed by atoms with E-state index in [1.807, 2.05) is 40.7 Å². The molecule has 0 aromatic heterocycles. The molecule has 0 spiro atoms. The molecule has 0 radical (unpaired) electrons. The number of rotatable bonds is 1. The maximum absolute atomic E-state index is 12.2. The van der Waals surface area contributed by atoms with Crippen LogP contribution in [-0.4, -0.2) is 53.5 Å². The van der Waals surface area contributed by atoms with Gasteiger partial charge in [0.05, 0.1) is 0 Å². The molecule has 6 nitrogen and oxygen atoms in total. The molecule has 0 N–H and O–H groups in total.